The summed E-state index contributed by atoms with van der Waals surface area (Å²) in [5.41, 5.74) is 2.27. The molecule has 1 aliphatic rings. The van der Waals surface area contributed by atoms with Crippen LogP contribution in [0.5, 0.6) is 0 Å². The molecule has 1 N–H and O–H groups in total. The summed E-state index contributed by atoms with van der Waals surface area (Å²) in [6, 6.07) is 0.357. The van der Waals surface area contributed by atoms with Gasteiger partial charge in [-0.1, -0.05) is 0 Å². The summed E-state index contributed by atoms with van der Waals surface area (Å²) in [4.78, 5) is 8.67. The zero-order valence-electron chi connectivity index (χ0n) is 9.93. The standard InChI is InChI=1S/C12H15N3OS/c1-7-5-17-11-10(7)13-6-14-12(11)15-9-3-4-16-8(9)2/h5-6,8-9H,3-4H2,1-2H3,(H,13,14,15). The predicted octanol–water partition coefficient (Wildman–Crippen LogP) is 2.59. The Labute approximate surface area is 104 Å². The molecule has 2 aromatic heterocycles. The quantitative estimate of drug-likeness (QED) is 0.888. The number of fused-ring (bicyclic) bond motifs is 1. The van der Waals surface area contributed by atoms with E-state index in [2.05, 4.69) is 34.5 Å². The van der Waals surface area contributed by atoms with Crippen molar-refractivity contribution in [1.82, 2.24) is 9.97 Å². The van der Waals surface area contributed by atoms with Gasteiger partial charge in [-0.2, -0.15) is 0 Å². The van der Waals surface area contributed by atoms with E-state index in [1.54, 1.807) is 17.7 Å². The second kappa shape index (κ2) is 4.23. The van der Waals surface area contributed by atoms with Crippen LogP contribution in [-0.2, 0) is 4.74 Å². The van der Waals surface area contributed by atoms with E-state index < -0.39 is 0 Å². The highest BCUT2D eigenvalue weighted by molar-refractivity contribution is 7.18. The lowest BCUT2D eigenvalue weighted by Crippen LogP contribution is -2.27. The van der Waals surface area contributed by atoms with Crippen molar-refractivity contribution in [2.45, 2.75) is 32.4 Å². The number of hydrogen-bond donors (Lipinski definition) is 1. The van der Waals surface area contributed by atoms with Crippen LogP contribution in [0.2, 0.25) is 0 Å². The maximum absolute atomic E-state index is 5.55. The molecule has 3 rings (SSSR count). The average Bonchev–Trinajstić information content (AvgIpc) is 2.89. The normalized spacial score (nSPS) is 24.4. The van der Waals surface area contributed by atoms with Gasteiger partial charge in [0.15, 0.2) is 0 Å². The van der Waals surface area contributed by atoms with Crippen molar-refractivity contribution in [2.75, 3.05) is 11.9 Å². The summed E-state index contributed by atoms with van der Waals surface area (Å²) in [7, 11) is 0. The molecule has 0 radical (unpaired) electrons. The van der Waals surface area contributed by atoms with Crippen molar-refractivity contribution in [1.29, 1.82) is 0 Å². The lowest BCUT2D eigenvalue weighted by atomic mass is 10.1. The van der Waals surface area contributed by atoms with Gasteiger partial charge in [-0.3, -0.25) is 0 Å². The Kier molecular flexibility index (Phi) is 2.72. The van der Waals surface area contributed by atoms with Crippen molar-refractivity contribution in [3.8, 4) is 0 Å². The second-order valence-electron chi connectivity index (χ2n) is 4.43. The molecule has 0 bridgehead atoms. The number of anilines is 1. The molecule has 2 unspecified atom stereocenters. The van der Waals surface area contributed by atoms with E-state index >= 15 is 0 Å². The maximum atomic E-state index is 5.55. The van der Waals surface area contributed by atoms with Gasteiger partial charge in [0.05, 0.1) is 22.4 Å². The van der Waals surface area contributed by atoms with Crippen molar-refractivity contribution < 1.29 is 4.74 Å². The van der Waals surface area contributed by atoms with Gasteiger partial charge in [-0.15, -0.1) is 11.3 Å². The van der Waals surface area contributed by atoms with E-state index in [4.69, 9.17) is 4.74 Å². The van der Waals surface area contributed by atoms with Gasteiger partial charge in [0, 0.05) is 6.61 Å². The molecule has 3 heterocycles. The number of hydrogen-bond acceptors (Lipinski definition) is 5. The highest BCUT2D eigenvalue weighted by atomic mass is 32.1. The number of rotatable bonds is 2. The van der Waals surface area contributed by atoms with Crippen LogP contribution in [-0.4, -0.2) is 28.7 Å². The van der Waals surface area contributed by atoms with Crippen LogP contribution in [0.1, 0.15) is 18.9 Å². The van der Waals surface area contributed by atoms with Gasteiger partial charge in [0.2, 0.25) is 0 Å². The molecule has 4 nitrogen and oxygen atoms in total. The maximum Gasteiger partial charge on any atom is 0.147 e. The monoisotopic (exact) mass is 249 g/mol. The molecule has 0 aromatic carbocycles. The zero-order chi connectivity index (χ0) is 11.8. The summed E-state index contributed by atoms with van der Waals surface area (Å²) in [6.07, 6.45) is 2.92. The third-order valence-electron chi connectivity index (χ3n) is 3.23. The van der Waals surface area contributed by atoms with E-state index in [1.807, 2.05) is 0 Å². The summed E-state index contributed by atoms with van der Waals surface area (Å²) in [6.45, 7) is 5.01. The Morgan fingerprint density at radius 1 is 1.47 bits per heavy atom. The number of thiophene rings is 1. The smallest absolute Gasteiger partial charge is 0.147 e. The van der Waals surface area contributed by atoms with E-state index in [0.29, 0.717) is 6.04 Å². The minimum atomic E-state index is 0.251. The lowest BCUT2D eigenvalue weighted by Gasteiger charge is -2.16. The number of aryl methyl sites for hydroxylation is 1. The third-order valence-corrected chi connectivity index (χ3v) is 4.32. The predicted molar refractivity (Wildman–Crippen MR) is 69.6 cm³/mol. The molecule has 17 heavy (non-hydrogen) atoms. The minimum Gasteiger partial charge on any atom is -0.376 e. The Hall–Kier alpha value is -1.20. The topological polar surface area (TPSA) is 47.0 Å². The van der Waals surface area contributed by atoms with Crippen molar-refractivity contribution in [2.24, 2.45) is 0 Å². The number of aromatic nitrogens is 2. The molecular weight excluding hydrogens is 234 g/mol. The third kappa shape index (κ3) is 1.89. The Morgan fingerprint density at radius 2 is 2.35 bits per heavy atom. The molecule has 0 spiro atoms. The van der Waals surface area contributed by atoms with Crippen LogP contribution < -0.4 is 5.32 Å². The van der Waals surface area contributed by atoms with Crippen LogP contribution in [0, 0.1) is 6.92 Å². The SMILES string of the molecule is Cc1csc2c(NC3CCOC3C)ncnc12. The van der Waals surface area contributed by atoms with Gasteiger partial charge < -0.3 is 10.1 Å². The molecule has 2 aromatic rings. The molecule has 0 saturated carbocycles. The fraction of sp³-hybridized carbons (Fsp3) is 0.500. The molecule has 2 atom stereocenters. The fourth-order valence-electron chi connectivity index (χ4n) is 2.17. The molecule has 0 amide bonds. The van der Waals surface area contributed by atoms with Crippen molar-refractivity contribution in [3.63, 3.8) is 0 Å². The Morgan fingerprint density at radius 3 is 3.12 bits per heavy atom. The molecule has 1 saturated heterocycles. The molecule has 0 aliphatic carbocycles. The van der Waals surface area contributed by atoms with Crippen LogP contribution in [0.4, 0.5) is 5.82 Å². The first-order chi connectivity index (χ1) is 8.25. The number of nitrogens with zero attached hydrogens (tertiary/aromatic N) is 2. The highest BCUT2D eigenvalue weighted by Gasteiger charge is 2.25. The van der Waals surface area contributed by atoms with Gasteiger partial charge in [0.25, 0.3) is 0 Å². The van der Waals surface area contributed by atoms with E-state index in [9.17, 15) is 0 Å². The van der Waals surface area contributed by atoms with Crippen LogP contribution >= 0.6 is 11.3 Å². The van der Waals surface area contributed by atoms with Gasteiger partial charge in [-0.25, -0.2) is 9.97 Å². The summed E-state index contributed by atoms with van der Waals surface area (Å²) < 4.78 is 6.70. The van der Waals surface area contributed by atoms with E-state index in [0.717, 1.165) is 29.1 Å². The summed E-state index contributed by atoms with van der Waals surface area (Å²) in [5, 5.41) is 5.61. The first-order valence-electron chi connectivity index (χ1n) is 5.82. The van der Waals surface area contributed by atoms with Crippen molar-refractivity contribution in [3.05, 3.63) is 17.3 Å². The fourth-order valence-corrected chi connectivity index (χ4v) is 3.12. The largest absolute Gasteiger partial charge is 0.376 e. The second-order valence-corrected chi connectivity index (χ2v) is 5.31. The van der Waals surface area contributed by atoms with Crippen LogP contribution in [0.3, 0.4) is 0 Å². The number of nitrogens with one attached hydrogen (secondary N) is 1. The first-order valence-corrected chi connectivity index (χ1v) is 6.70. The van der Waals surface area contributed by atoms with Gasteiger partial charge in [-0.05, 0) is 31.2 Å². The van der Waals surface area contributed by atoms with Gasteiger partial charge in [0.1, 0.15) is 12.1 Å². The lowest BCUT2D eigenvalue weighted by molar-refractivity contribution is 0.121. The average molecular weight is 249 g/mol. The molecular formula is C12H15N3OS. The summed E-state index contributed by atoms with van der Waals surface area (Å²) >= 11 is 1.70. The molecule has 1 fully saturated rings. The van der Waals surface area contributed by atoms with Crippen molar-refractivity contribution >= 4 is 27.4 Å². The Balaban J connectivity index is 1.94. The zero-order valence-corrected chi connectivity index (χ0v) is 10.8. The number of ether oxygens (including phenoxy) is 1. The van der Waals surface area contributed by atoms with Crippen LogP contribution in [0.25, 0.3) is 10.2 Å². The Bertz CT molecular complexity index is 540. The molecule has 90 valence electrons. The molecule has 5 heteroatoms. The first kappa shape index (κ1) is 10.9. The molecule has 1 aliphatic heterocycles. The van der Waals surface area contributed by atoms with E-state index in [-0.39, 0.29) is 6.10 Å². The van der Waals surface area contributed by atoms with Crippen LogP contribution in [0.15, 0.2) is 11.7 Å². The minimum absolute atomic E-state index is 0.251. The van der Waals surface area contributed by atoms with Gasteiger partial charge >= 0.3 is 0 Å². The highest BCUT2D eigenvalue weighted by Crippen LogP contribution is 2.30. The summed E-state index contributed by atoms with van der Waals surface area (Å²) in [5.74, 6) is 0.940. The van der Waals surface area contributed by atoms with E-state index in [1.165, 1.54) is 5.56 Å².